The molecule has 9 heteroatoms. The first-order valence-electron chi connectivity index (χ1n) is 9.57. The summed E-state index contributed by atoms with van der Waals surface area (Å²) in [5.74, 6) is -0.362. The molecule has 3 atom stereocenters. The number of amides is 1. The number of β-amino-alcohol motifs (C(OH)–C–C–N with tert-alkyl or cyclic N) is 1. The van der Waals surface area contributed by atoms with Crippen LogP contribution < -0.4 is 11.1 Å². The third-order valence-corrected chi connectivity index (χ3v) is 6.76. The first-order valence-corrected chi connectivity index (χ1v) is 11.0. The van der Waals surface area contributed by atoms with Crippen molar-refractivity contribution in [1.82, 2.24) is 14.6 Å². The number of aliphatic hydroxyl groups excluding tert-OH is 1. The summed E-state index contributed by atoms with van der Waals surface area (Å²) in [7, 11) is -3.80. The molecule has 0 bridgehead atoms. The van der Waals surface area contributed by atoms with E-state index in [1.54, 1.807) is 12.1 Å². The molecule has 0 saturated carbocycles. The van der Waals surface area contributed by atoms with Crippen molar-refractivity contribution < 1.29 is 18.3 Å². The summed E-state index contributed by atoms with van der Waals surface area (Å²) in [6, 6.07) is 12.8. The average Bonchev–Trinajstić information content (AvgIpc) is 2.91. The minimum atomic E-state index is -3.80. The van der Waals surface area contributed by atoms with Gasteiger partial charge in [0.25, 0.3) is 10.0 Å². The van der Waals surface area contributed by atoms with Crippen molar-refractivity contribution in [2.24, 2.45) is 5.73 Å². The van der Waals surface area contributed by atoms with Crippen LogP contribution in [0, 0.1) is 0 Å². The molecule has 3 unspecified atom stereocenters. The monoisotopic (exact) mass is 418 g/mol. The lowest BCUT2D eigenvalue weighted by atomic mass is 10.0. The van der Waals surface area contributed by atoms with Crippen LogP contribution in [0.2, 0.25) is 0 Å². The van der Waals surface area contributed by atoms with E-state index in [4.69, 9.17) is 5.73 Å². The Morgan fingerprint density at radius 1 is 1.24 bits per heavy atom. The molecular weight excluding hydrogens is 392 g/mol. The van der Waals surface area contributed by atoms with Gasteiger partial charge in [0.15, 0.2) is 5.03 Å². The van der Waals surface area contributed by atoms with Gasteiger partial charge in [-0.15, -0.1) is 0 Å². The first-order chi connectivity index (χ1) is 13.9. The van der Waals surface area contributed by atoms with Crippen molar-refractivity contribution >= 4 is 15.9 Å². The van der Waals surface area contributed by atoms with Gasteiger partial charge in [-0.1, -0.05) is 36.4 Å². The third kappa shape index (κ3) is 5.39. The summed E-state index contributed by atoms with van der Waals surface area (Å²) in [5.41, 5.74) is 6.96. The van der Waals surface area contributed by atoms with Crippen molar-refractivity contribution in [2.75, 3.05) is 13.1 Å². The van der Waals surface area contributed by atoms with E-state index < -0.39 is 28.2 Å². The van der Waals surface area contributed by atoms with E-state index >= 15 is 0 Å². The smallest absolute Gasteiger partial charge is 0.260 e. The maximum absolute atomic E-state index is 12.8. The van der Waals surface area contributed by atoms with Crippen molar-refractivity contribution in [2.45, 2.75) is 42.5 Å². The number of pyridine rings is 1. The zero-order chi connectivity index (χ0) is 20.9. The maximum Gasteiger partial charge on any atom is 0.260 e. The zero-order valence-corrected chi connectivity index (χ0v) is 16.8. The van der Waals surface area contributed by atoms with Crippen molar-refractivity contribution in [3.8, 4) is 0 Å². The molecule has 3 rings (SSSR count). The summed E-state index contributed by atoms with van der Waals surface area (Å²) in [6.45, 7) is 0.135. The second-order valence-corrected chi connectivity index (χ2v) is 9.04. The molecule has 1 aliphatic heterocycles. The van der Waals surface area contributed by atoms with Crippen molar-refractivity contribution in [1.29, 1.82) is 0 Å². The summed E-state index contributed by atoms with van der Waals surface area (Å²) in [5, 5.41) is 13.3. The van der Waals surface area contributed by atoms with Gasteiger partial charge in [0.1, 0.15) is 0 Å². The third-order valence-electron chi connectivity index (χ3n) is 4.98. The quantitative estimate of drug-likeness (QED) is 0.619. The number of sulfonamides is 1. The van der Waals surface area contributed by atoms with E-state index in [0.717, 1.165) is 5.56 Å². The Morgan fingerprint density at radius 3 is 2.66 bits per heavy atom. The lowest BCUT2D eigenvalue weighted by molar-refractivity contribution is -0.123. The van der Waals surface area contributed by atoms with Gasteiger partial charge >= 0.3 is 0 Å². The second-order valence-electron chi connectivity index (χ2n) is 7.15. The molecule has 1 saturated heterocycles. The van der Waals surface area contributed by atoms with Crippen molar-refractivity contribution in [3.05, 3.63) is 60.3 Å². The van der Waals surface area contributed by atoms with Crippen LogP contribution in [0.4, 0.5) is 0 Å². The predicted octanol–water partition coefficient (Wildman–Crippen LogP) is 0.282. The fraction of sp³-hybridized carbons (Fsp3) is 0.400. The van der Waals surface area contributed by atoms with Gasteiger partial charge in [-0.2, -0.15) is 4.31 Å². The molecular formula is C20H26N4O4S. The van der Waals surface area contributed by atoms with Gasteiger partial charge in [0.05, 0.1) is 18.2 Å². The molecule has 4 N–H and O–H groups in total. The Kier molecular flexibility index (Phi) is 6.96. The number of benzene rings is 1. The minimum Gasteiger partial charge on any atom is -0.390 e. The largest absolute Gasteiger partial charge is 0.390 e. The standard InChI is InChI=1S/C20H26N4O4S/c21-16(13-15-7-2-1-3-8-15)20(26)23-17-9-6-12-24(14-18(17)25)29(27,28)19-10-4-5-11-22-19/h1-5,7-8,10-11,16-18,25H,6,9,12-14,21H2,(H,23,26). The topological polar surface area (TPSA) is 126 Å². The normalized spacial score (nSPS) is 21.9. The van der Waals surface area contributed by atoms with E-state index in [9.17, 15) is 18.3 Å². The number of aliphatic hydroxyl groups is 1. The van der Waals surface area contributed by atoms with E-state index in [1.807, 2.05) is 30.3 Å². The summed E-state index contributed by atoms with van der Waals surface area (Å²) in [6.07, 6.45) is 1.72. The number of nitrogens with two attached hydrogens (primary N) is 1. The van der Waals surface area contributed by atoms with Crippen LogP contribution >= 0.6 is 0 Å². The number of aromatic nitrogens is 1. The van der Waals surface area contributed by atoms with Crippen molar-refractivity contribution in [3.63, 3.8) is 0 Å². The number of hydrogen-bond acceptors (Lipinski definition) is 6. The minimum absolute atomic E-state index is 0.0560. The van der Waals surface area contributed by atoms with Gasteiger partial charge in [0, 0.05) is 19.3 Å². The Labute approximate surface area is 170 Å². The molecule has 156 valence electrons. The van der Waals surface area contributed by atoms with E-state index in [-0.39, 0.29) is 24.0 Å². The molecule has 29 heavy (non-hydrogen) atoms. The number of carbonyl (C=O) groups excluding carboxylic acids is 1. The first kappa shape index (κ1) is 21.4. The van der Waals surface area contributed by atoms with E-state index in [2.05, 4.69) is 10.3 Å². The highest BCUT2D eigenvalue weighted by Gasteiger charge is 2.34. The molecule has 2 heterocycles. The average molecular weight is 419 g/mol. The Morgan fingerprint density at radius 2 is 1.97 bits per heavy atom. The van der Waals surface area contributed by atoms with Crippen LogP contribution in [0.15, 0.2) is 59.8 Å². The van der Waals surface area contributed by atoms with Gasteiger partial charge in [0.2, 0.25) is 5.91 Å². The molecule has 1 aromatic heterocycles. The molecule has 1 amide bonds. The van der Waals surface area contributed by atoms with Crippen LogP contribution in [0.25, 0.3) is 0 Å². The van der Waals surface area contributed by atoms with Crippen LogP contribution in [-0.4, -0.2) is 60.0 Å². The SMILES string of the molecule is NC(Cc1ccccc1)C(=O)NC1CCCN(S(=O)(=O)c2ccccn2)CC1O. The van der Waals surface area contributed by atoms with E-state index in [0.29, 0.717) is 19.3 Å². The highest BCUT2D eigenvalue weighted by molar-refractivity contribution is 7.89. The van der Waals surface area contributed by atoms with Crippen LogP contribution in [0.5, 0.6) is 0 Å². The zero-order valence-electron chi connectivity index (χ0n) is 16.0. The van der Waals surface area contributed by atoms with E-state index in [1.165, 1.54) is 16.6 Å². The predicted molar refractivity (Wildman–Crippen MR) is 108 cm³/mol. The molecule has 1 fully saturated rings. The molecule has 0 aliphatic carbocycles. The van der Waals surface area contributed by atoms with Crippen LogP contribution in [0.3, 0.4) is 0 Å². The van der Waals surface area contributed by atoms with Crippen LogP contribution in [0.1, 0.15) is 18.4 Å². The molecule has 1 aliphatic rings. The number of carbonyl (C=O) groups is 1. The van der Waals surface area contributed by atoms with Gasteiger partial charge in [-0.05, 0) is 37.0 Å². The van der Waals surface area contributed by atoms with Crippen LogP contribution in [-0.2, 0) is 21.2 Å². The number of nitrogens with one attached hydrogen (secondary N) is 1. The molecule has 8 nitrogen and oxygen atoms in total. The number of hydrogen-bond donors (Lipinski definition) is 3. The number of rotatable bonds is 6. The highest BCUT2D eigenvalue weighted by Crippen LogP contribution is 2.19. The van der Waals surface area contributed by atoms with Gasteiger partial charge in [-0.25, -0.2) is 13.4 Å². The van der Waals surface area contributed by atoms with Gasteiger partial charge in [-0.3, -0.25) is 4.79 Å². The maximum atomic E-state index is 12.8. The fourth-order valence-electron chi connectivity index (χ4n) is 3.38. The summed E-state index contributed by atoms with van der Waals surface area (Å²) < 4.78 is 26.8. The Bertz CT molecular complexity index is 909. The highest BCUT2D eigenvalue weighted by atomic mass is 32.2. The molecule has 0 radical (unpaired) electrons. The molecule has 1 aromatic carbocycles. The Balaban J connectivity index is 1.62. The lowest BCUT2D eigenvalue weighted by Crippen LogP contribution is -2.52. The lowest BCUT2D eigenvalue weighted by Gasteiger charge is -2.25. The summed E-state index contributed by atoms with van der Waals surface area (Å²) >= 11 is 0. The second kappa shape index (κ2) is 9.45. The fourth-order valence-corrected chi connectivity index (χ4v) is 4.80. The Hall–Kier alpha value is -2.33. The molecule has 0 spiro atoms. The van der Waals surface area contributed by atoms with Gasteiger partial charge < -0.3 is 16.2 Å². The summed E-state index contributed by atoms with van der Waals surface area (Å²) in [4.78, 5) is 16.4. The number of nitrogens with zero attached hydrogens (tertiary/aromatic N) is 2. The molecule has 2 aromatic rings.